The second-order valence-electron chi connectivity index (χ2n) is 3.59. The van der Waals surface area contributed by atoms with Gasteiger partial charge in [-0.1, -0.05) is 0 Å². The van der Waals surface area contributed by atoms with Gasteiger partial charge >= 0.3 is 18.8 Å². The van der Waals surface area contributed by atoms with E-state index in [1.54, 1.807) is 0 Å². The maximum atomic E-state index is 11.2. The van der Waals surface area contributed by atoms with Gasteiger partial charge in [0.25, 0.3) is 0 Å². The highest BCUT2D eigenvalue weighted by atomic mass is 16.8. The van der Waals surface area contributed by atoms with Crippen molar-refractivity contribution in [2.45, 2.75) is 6.48 Å². The van der Waals surface area contributed by atoms with Gasteiger partial charge in [0.2, 0.25) is 0 Å². The van der Waals surface area contributed by atoms with E-state index in [2.05, 4.69) is 18.9 Å². The first-order valence-electron chi connectivity index (χ1n) is 5.62. The average Bonchev–Trinajstić information content (AvgIpc) is 2.99. The highest BCUT2D eigenvalue weighted by Crippen LogP contribution is 2.12. The molecule has 2 fully saturated rings. The Morgan fingerprint density at radius 3 is 2.50 bits per heavy atom. The smallest absolute Gasteiger partial charge is 0.444 e. The molecule has 1 unspecified atom stereocenters. The second kappa shape index (κ2) is 6.78. The predicted octanol–water partition coefficient (Wildman–Crippen LogP) is 0.397. The van der Waals surface area contributed by atoms with Crippen molar-refractivity contribution in [2.24, 2.45) is 0 Å². The number of ether oxygens (including phenoxy) is 6. The molecule has 2 saturated heterocycles. The number of rotatable bonds is 4. The van der Waals surface area contributed by atoms with Gasteiger partial charge in [0.1, 0.15) is 31.3 Å². The standard InChI is InChI=1S/C11H12O9/c12-9(15-3-1-7-5-17-10(13)19-7)16-4-2-8-6-18-11(14)20-8/h1-2,10,13H,3-6H2/b7-1-,8-2?. The minimum absolute atomic E-state index is 0.0169. The summed E-state index contributed by atoms with van der Waals surface area (Å²) in [4.78, 5) is 21.7. The SMILES string of the molecule is O=C(OCC=C1COC(=O)O1)OC/C=C1/COC(O)O1. The van der Waals surface area contributed by atoms with Crippen molar-refractivity contribution in [3.8, 4) is 0 Å². The van der Waals surface area contributed by atoms with Crippen LogP contribution in [0.1, 0.15) is 0 Å². The summed E-state index contributed by atoms with van der Waals surface area (Å²) in [5, 5.41) is 8.88. The zero-order valence-electron chi connectivity index (χ0n) is 10.3. The van der Waals surface area contributed by atoms with E-state index >= 15 is 0 Å². The van der Waals surface area contributed by atoms with Crippen molar-refractivity contribution in [3.63, 3.8) is 0 Å². The lowest BCUT2D eigenvalue weighted by Gasteiger charge is -2.03. The third-order valence-corrected chi connectivity index (χ3v) is 2.19. The van der Waals surface area contributed by atoms with Crippen molar-refractivity contribution in [2.75, 3.05) is 26.4 Å². The minimum Gasteiger partial charge on any atom is -0.444 e. The quantitative estimate of drug-likeness (QED) is 0.734. The van der Waals surface area contributed by atoms with E-state index in [0.717, 1.165) is 0 Å². The van der Waals surface area contributed by atoms with Gasteiger partial charge in [-0.3, -0.25) is 0 Å². The largest absolute Gasteiger partial charge is 0.514 e. The number of carbonyl (C=O) groups excluding carboxylic acids is 2. The molecule has 2 heterocycles. The molecule has 1 N–H and O–H groups in total. The lowest BCUT2D eigenvalue weighted by Crippen LogP contribution is -2.08. The maximum absolute atomic E-state index is 11.2. The number of cyclic esters (lactones) is 2. The lowest BCUT2D eigenvalue weighted by atomic mass is 10.5. The first-order chi connectivity index (χ1) is 9.63. The molecule has 0 amide bonds. The highest BCUT2D eigenvalue weighted by molar-refractivity contribution is 5.64. The molecule has 0 radical (unpaired) electrons. The Bertz CT molecular complexity index is 439. The second-order valence-corrected chi connectivity index (χ2v) is 3.59. The fourth-order valence-corrected chi connectivity index (χ4v) is 1.30. The maximum Gasteiger partial charge on any atom is 0.514 e. The van der Waals surface area contributed by atoms with E-state index in [1.165, 1.54) is 12.2 Å². The molecule has 0 aliphatic carbocycles. The van der Waals surface area contributed by atoms with Crippen LogP contribution in [0.5, 0.6) is 0 Å². The van der Waals surface area contributed by atoms with Crippen LogP contribution in [0.15, 0.2) is 23.7 Å². The molecule has 9 heteroatoms. The molecule has 2 rings (SSSR count). The first-order valence-corrected chi connectivity index (χ1v) is 5.62. The third-order valence-electron chi connectivity index (χ3n) is 2.19. The summed E-state index contributed by atoms with van der Waals surface area (Å²) in [7, 11) is 0. The molecule has 0 spiro atoms. The van der Waals surface area contributed by atoms with Crippen LogP contribution in [0.4, 0.5) is 9.59 Å². The van der Waals surface area contributed by atoms with Crippen LogP contribution in [0, 0.1) is 0 Å². The number of hydrogen-bond acceptors (Lipinski definition) is 9. The van der Waals surface area contributed by atoms with E-state index in [0.29, 0.717) is 5.76 Å². The summed E-state index contributed by atoms with van der Waals surface area (Å²) < 4.78 is 28.0. The predicted molar refractivity (Wildman–Crippen MR) is 58.9 cm³/mol. The zero-order valence-corrected chi connectivity index (χ0v) is 10.3. The Morgan fingerprint density at radius 2 is 1.95 bits per heavy atom. The Labute approximate surface area is 113 Å². The molecular weight excluding hydrogens is 276 g/mol. The minimum atomic E-state index is -1.28. The van der Waals surface area contributed by atoms with Crippen molar-refractivity contribution >= 4 is 12.3 Å². The van der Waals surface area contributed by atoms with Crippen LogP contribution in [-0.2, 0) is 28.4 Å². The third kappa shape index (κ3) is 4.44. The van der Waals surface area contributed by atoms with Crippen molar-refractivity contribution < 1.29 is 43.1 Å². The molecule has 9 nitrogen and oxygen atoms in total. The van der Waals surface area contributed by atoms with Crippen molar-refractivity contribution in [1.29, 1.82) is 0 Å². The molecule has 0 bridgehead atoms. The van der Waals surface area contributed by atoms with Gasteiger partial charge in [-0.05, 0) is 12.2 Å². The zero-order chi connectivity index (χ0) is 14.4. The summed E-state index contributed by atoms with van der Waals surface area (Å²) in [6, 6.07) is 0. The summed E-state index contributed by atoms with van der Waals surface area (Å²) in [5.41, 5.74) is 0. The van der Waals surface area contributed by atoms with Crippen LogP contribution in [0.3, 0.4) is 0 Å². The first kappa shape index (κ1) is 14.2. The van der Waals surface area contributed by atoms with Crippen molar-refractivity contribution in [1.82, 2.24) is 0 Å². The van der Waals surface area contributed by atoms with Gasteiger partial charge in [-0.25, -0.2) is 9.59 Å². The highest BCUT2D eigenvalue weighted by Gasteiger charge is 2.19. The van der Waals surface area contributed by atoms with Gasteiger partial charge < -0.3 is 33.5 Å². The summed E-state index contributed by atoms with van der Waals surface area (Å²) in [6.45, 7) is -1.35. The Kier molecular flexibility index (Phi) is 4.80. The molecule has 0 saturated carbocycles. The molecule has 2 aliphatic heterocycles. The van der Waals surface area contributed by atoms with Gasteiger partial charge in [0, 0.05) is 0 Å². The fraction of sp³-hybridized carbons (Fsp3) is 0.455. The molecule has 2 aliphatic rings. The van der Waals surface area contributed by atoms with E-state index in [4.69, 9.17) is 14.6 Å². The summed E-state index contributed by atoms with van der Waals surface area (Å²) >= 11 is 0. The molecule has 110 valence electrons. The Morgan fingerprint density at radius 1 is 1.25 bits per heavy atom. The van der Waals surface area contributed by atoms with Crippen LogP contribution in [0.25, 0.3) is 0 Å². The topological polar surface area (TPSA) is 110 Å². The number of aliphatic hydroxyl groups is 1. The molecule has 0 aromatic heterocycles. The van der Waals surface area contributed by atoms with E-state index in [-0.39, 0.29) is 32.2 Å². The van der Waals surface area contributed by atoms with Crippen LogP contribution in [0.2, 0.25) is 0 Å². The summed E-state index contributed by atoms with van der Waals surface area (Å²) in [6.07, 6.45) is 1.13. The normalized spacial score (nSPS) is 25.2. The van der Waals surface area contributed by atoms with Gasteiger partial charge in [0.15, 0.2) is 6.61 Å². The van der Waals surface area contributed by atoms with Crippen LogP contribution in [-0.4, -0.2) is 50.3 Å². The Balaban J connectivity index is 1.60. The number of carbonyl (C=O) groups is 2. The molecule has 20 heavy (non-hydrogen) atoms. The van der Waals surface area contributed by atoms with Gasteiger partial charge in [0.05, 0.1) is 0 Å². The number of aliphatic hydroxyl groups excluding tert-OH is 1. The monoisotopic (exact) mass is 288 g/mol. The average molecular weight is 288 g/mol. The molecule has 1 atom stereocenters. The number of hydrogen-bond donors (Lipinski definition) is 1. The van der Waals surface area contributed by atoms with E-state index in [9.17, 15) is 9.59 Å². The fourth-order valence-electron chi connectivity index (χ4n) is 1.30. The lowest BCUT2D eigenvalue weighted by molar-refractivity contribution is -0.188. The Hall–Kier alpha value is -2.26. The molecule has 0 aromatic rings. The van der Waals surface area contributed by atoms with Crippen molar-refractivity contribution in [3.05, 3.63) is 23.7 Å². The molecular formula is C11H12O9. The van der Waals surface area contributed by atoms with Gasteiger partial charge in [-0.15, -0.1) is 0 Å². The van der Waals surface area contributed by atoms with Crippen LogP contribution < -0.4 is 0 Å². The molecule has 0 aromatic carbocycles. The summed E-state index contributed by atoms with van der Waals surface area (Å²) in [5.74, 6) is 0.637. The van der Waals surface area contributed by atoms with Crippen LogP contribution >= 0.6 is 0 Å². The van der Waals surface area contributed by atoms with E-state index < -0.39 is 18.8 Å². The van der Waals surface area contributed by atoms with Gasteiger partial charge in [-0.2, -0.15) is 0 Å². The van der Waals surface area contributed by atoms with E-state index in [1.807, 2.05) is 0 Å².